The van der Waals surface area contributed by atoms with E-state index in [9.17, 15) is 0 Å². The number of hydrogen-bond acceptors (Lipinski definition) is 4. The van der Waals surface area contributed by atoms with Crippen LogP contribution in [0.2, 0.25) is 0 Å². The van der Waals surface area contributed by atoms with Crippen molar-refractivity contribution in [1.82, 2.24) is 4.98 Å². The molecule has 0 spiro atoms. The van der Waals surface area contributed by atoms with Gasteiger partial charge in [0, 0.05) is 20.2 Å². The van der Waals surface area contributed by atoms with Crippen molar-refractivity contribution in [2.75, 3.05) is 31.7 Å². The third-order valence-corrected chi connectivity index (χ3v) is 3.09. The van der Waals surface area contributed by atoms with Crippen LogP contribution in [0.3, 0.4) is 0 Å². The minimum Gasteiger partial charge on any atom is -0.381 e. The predicted molar refractivity (Wildman–Crippen MR) is 65.8 cm³/mol. The van der Waals surface area contributed by atoms with Crippen LogP contribution < -0.4 is 4.90 Å². The average molecular weight is 231 g/mol. The number of pyridine rings is 1. The molecule has 0 amide bonds. The van der Waals surface area contributed by atoms with Crippen molar-refractivity contribution in [3.8, 4) is 6.07 Å². The second kappa shape index (κ2) is 5.65. The Hall–Kier alpha value is -1.60. The predicted octanol–water partition coefficient (Wildman–Crippen LogP) is 1.82. The maximum absolute atomic E-state index is 8.69. The molecule has 0 radical (unpaired) electrons. The Morgan fingerprint density at radius 3 is 3.06 bits per heavy atom. The van der Waals surface area contributed by atoms with Crippen molar-refractivity contribution in [3.63, 3.8) is 0 Å². The van der Waals surface area contributed by atoms with Crippen molar-refractivity contribution >= 4 is 5.69 Å². The molecular formula is C13H17N3O. The number of nitrogens with zero attached hydrogens (tertiary/aromatic N) is 3. The zero-order valence-electron chi connectivity index (χ0n) is 10.1. The monoisotopic (exact) mass is 231 g/mol. The lowest BCUT2D eigenvalue weighted by molar-refractivity contribution is 0.0576. The number of nitriles is 1. The molecule has 4 nitrogen and oxygen atoms in total. The number of aromatic nitrogens is 1. The summed E-state index contributed by atoms with van der Waals surface area (Å²) in [4.78, 5) is 6.25. The minimum atomic E-state index is 0.461. The molecule has 1 aromatic rings. The molecule has 1 aliphatic rings. The second-order valence-electron chi connectivity index (χ2n) is 4.48. The van der Waals surface area contributed by atoms with Crippen molar-refractivity contribution in [2.24, 2.45) is 5.92 Å². The molecule has 0 aromatic carbocycles. The van der Waals surface area contributed by atoms with Gasteiger partial charge in [0.25, 0.3) is 0 Å². The Kier molecular flexibility index (Phi) is 3.94. The summed E-state index contributed by atoms with van der Waals surface area (Å²) < 4.78 is 5.47. The average Bonchev–Trinajstić information content (AvgIpc) is 2.40. The van der Waals surface area contributed by atoms with E-state index in [-0.39, 0.29) is 0 Å². The summed E-state index contributed by atoms with van der Waals surface area (Å²) in [5.74, 6) is 0.601. The number of hydrogen-bond donors (Lipinski definition) is 0. The van der Waals surface area contributed by atoms with Crippen molar-refractivity contribution in [3.05, 3.63) is 24.0 Å². The molecule has 0 bridgehead atoms. The van der Waals surface area contributed by atoms with Crippen LogP contribution in [-0.2, 0) is 4.74 Å². The van der Waals surface area contributed by atoms with Crippen LogP contribution in [0.25, 0.3) is 0 Å². The highest BCUT2D eigenvalue weighted by Gasteiger charge is 2.16. The van der Waals surface area contributed by atoms with E-state index < -0.39 is 0 Å². The lowest BCUT2D eigenvalue weighted by atomic mass is 10.0. The second-order valence-corrected chi connectivity index (χ2v) is 4.48. The molecule has 2 rings (SSSR count). The summed E-state index contributed by atoms with van der Waals surface area (Å²) in [6, 6.07) is 5.72. The first-order chi connectivity index (χ1) is 8.29. The summed E-state index contributed by atoms with van der Waals surface area (Å²) >= 11 is 0. The fraction of sp³-hybridized carbons (Fsp3) is 0.538. The van der Waals surface area contributed by atoms with E-state index in [1.807, 2.05) is 12.1 Å². The third kappa shape index (κ3) is 3.18. The van der Waals surface area contributed by atoms with E-state index in [0.717, 1.165) is 31.9 Å². The molecule has 2 heterocycles. The van der Waals surface area contributed by atoms with Gasteiger partial charge in [-0.1, -0.05) is 0 Å². The van der Waals surface area contributed by atoms with Crippen LogP contribution in [0.15, 0.2) is 18.3 Å². The number of ether oxygens (including phenoxy) is 1. The molecule has 4 heteroatoms. The maximum Gasteiger partial charge on any atom is 0.140 e. The molecule has 1 atom stereocenters. The van der Waals surface area contributed by atoms with Gasteiger partial charge in [-0.05, 0) is 30.9 Å². The molecule has 1 unspecified atom stereocenters. The first-order valence-electron chi connectivity index (χ1n) is 5.94. The topological polar surface area (TPSA) is 49.1 Å². The van der Waals surface area contributed by atoms with Crippen LogP contribution in [-0.4, -0.2) is 31.8 Å². The van der Waals surface area contributed by atoms with Gasteiger partial charge in [-0.2, -0.15) is 5.26 Å². The molecule has 1 saturated heterocycles. The molecular weight excluding hydrogens is 214 g/mol. The Morgan fingerprint density at radius 1 is 1.59 bits per heavy atom. The van der Waals surface area contributed by atoms with E-state index in [2.05, 4.69) is 16.9 Å². The molecule has 0 aliphatic carbocycles. The van der Waals surface area contributed by atoms with Gasteiger partial charge in [-0.3, -0.25) is 0 Å². The highest BCUT2D eigenvalue weighted by atomic mass is 16.5. The SMILES string of the molecule is CN(CC1CCCOC1)c1ccc(C#N)nc1. The van der Waals surface area contributed by atoms with Crippen LogP contribution in [0, 0.1) is 17.2 Å². The van der Waals surface area contributed by atoms with Crippen LogP contribution >= 0.6 is 0 Å². The Morgan fingerprint density at radius 2 is 2.47 bits per heavy atom. The van der Waals surface area contributed by atoms with Gasteiger partial charge in [-0.25, -0.2) is 4.98 Å². The summed E-state index contributed by atoms with van der Waals surface area (Å²) in [5, 5.41) is 8.69. The lowest BCUT2D eigenvalue weighted by Crippen LogP contribution is -2.30. The van der Waals surface area contributed by atoms with Gasteiger partial charge in [0.05, 0.1) is 18.5 Å². The molecule has 0 saturated carbocycles. The van der Waals surface area contributed by atoms with Crippen LogP contribution in [0.5, 0.6) is 0 Å². The van der Waals surface area contributed by atoms with Gasteiger partial charge in [0.2, 0.25) is 0 Å². The van der Waals surface area contributed by atoms with Gasteiger partial charge in [0.1, 0.15) is 11.8 Å². The fourth-order valence-electron chi connectivity index (χ4n) is 2.12. The van der Waals surface area contributed by atoms with Crippen molar-refractivity contribution in [1.29, 1.82) is 5.26 Å². The zero-order chi connectivity index (χ0) is 12.1. The largest absolute Gasteiger partial charge is 0.381 e. The van der Waals surface area contributed by atoms with Gasteiger partial charge in [0.15, 0.2) is 0 Å². The minimum absolute atomic E-state index is 0.461. The summed E-state index contributed by atoms with van der Waals surface area (Å²) in [7, 11) is 2.05. The quantitative estimate of drug-likeness (QED) is 0.796. The van der Waals surface area contributed by atoms with Gasteiger partial charge in [-0.15, -0.1) is 0 Å². The summed E-state index contributed by atoms with van der Waals surface area (Å²) in [5.41, 5.74) is 1.51. The summed E-state index contributed by atoms with van der Waals surface area (Å²) in [6.45, 7) is 2.74. The van der Waals surface area contributed by atoms with Gasteiger partial charge >= 0.3 is 0 Å². The number of rotatable bonds is 3. The lowest BCUT2D eigenvalue weighted by Gasteiger charge is -2.28. The smallest absolute Gasteiger partial charge is 0.140 e. The van der Waals surface area contributed by atoms with Crippen molar-refractivity contribution < 1.29 is 4.74 Å². The number of anilines is 1. The van der Waals surface area contributed by atoms with Gasteiger partial charge < -0.3 is 9.64 Å². The Balaban J connectivity index is 1.94. The van der Waals surface area contributed by atoms with E-state index in [1.54, 1.807) is 12.3 Å². The molecule has 90 valence electrons. The molecule has 1 fully saturated rings. The van der Waals surface area contributed by atoms with E-state index in [1.165, 1.54) is 6.42 Å². The van der Waals surface area contributed by atoms with E-state index >= 15 is 0 Å². The third-order valence-electron chi connectivity index (χ3n) is 3.09. The summed E-state index contributed by atoms with van der Waals surface area (Å²) in [6.07, 6.45) is 4.14. The first kappa shape index (κ1) is 11.9. The molecule has 17 heavy (non-hydrogen) atoms. The standard InChI is InChI=1S/C13H17N3O/c1-16(9-11-3-2-6-17-10-11)13-5-4-12(7-14)15-8-13/h4-5,8,11H,2-3,6,9-10H2,1H3. The van der Waals surface area contributed by atoms with Crippen molar-refractivity contribution in [2.45, 2.75) is 12.8 Å². The van der Waals surface area contributed by atoms with Crippen LogP contribution in [0.4, 0.5) is 5.69 Å². The molecule has 1 aromatic heterocycles. The van der Waals surface area contributed by atoms with Crippen LogP contribution in [0.1, 0.15) is 18.5 Å². The first-order valence-corrected chi connectivity index (χ1v) is 5.94. The molecule has 0 N–H and O–H groups in total. The highest BCUT2D eigenvalue weighted by molar-refractivity contribution is 5.45. The van der Waals surface area contributed by atoms with E-state index in [0.29, 0.717) is 11.6 Å². The zero-order valence-corrected chi connectivity index (χ0v) is 10.1. The Labute approximate surface area is 102 Å². The Bertz CT molecular complexity index is 390. The molecule has 1 aliphatic heterocycles. The van der Waals surface area contributed by atoms with E-state index in [4.69, 9.17) is 10.00 Å². The normalized spacial score (nSPS) is 19.6. The fourth-order valence-corrected chi connectivity index (χ4v) is 2.12. The highest BCUT2D eigenvalue weighted by Crippen LogP contribution is 2.18. The maximum atomic E-state index is 8.69.